The number of para-hydroxylation sites is 1. The molecule has 2 aromatic rings. The predicted octanol–water partition coefficient (Wildman–Crippen LogP) is 1.64. The van der Waals surface area contributed by atoms with Crippen LogP contribution in [0.4, 0.5) is 0 Å². The van der Waals surface area contributed by atoms with Crippen LogP contribution in [0.5, 0.6) is 0 Å². The number of aromatic nitrogens is 2. The normalized spacial score (nSPS) is 10.8. The summed E-state index contributed by atoms with van der Waals surface area (Å²) in [6.07, 6.45) is 1.49. The molecule has 0 saturated carbocycles. The molecule has 0 aliphatic heterocycles. The first-order chi connectivity index (χ1) is 11.4. The summed E-state index contributed by atoms with van der Waals surface area (Å²) in [6.45, 7) is 4.29. The van der Waals surface area contributed by atoms with E-state index in [1.54, 1.807) is 12.1 Å². The first-order valence-corrected chi connectivity index (χ1v) is 7.92. The van der Waals surface area contributed by atoms with Crippen LogP contribution < -0.4 is 16.8 Å². The highest BCUT2D eigenvalue weighted by molar-refractivity contribution is 5.97. The number of halogens is 1. The van der Waals surface area contributed by atoms with Gasteiger partial charge in [-0.1, -0.05) is 32.0 Å². The molecule has 8 heteroatoms. The molecule has 0 aliphatic carbocycles. The molecular weight excluding hydrogens is 342 g/mol. The lowest BCUT2D eigenvalue weighted by atomic mass is 9.94. The minimum absolute atomic E-state index is 0. The number of rotatable bonds is 7. The first kappa shape index (κ1) is 20.7. The predicted molar refractivity (Wildman–Crippen MR) is 99.2 cm³/mol. The van der Waals surface area contributed by atoms with E-state index in [0.29, 0.717) is 12.2 Å². The van der Waals surface area contributed by atoms with Crippen LogP contribution in [-0.2, 0) is 0 Å². The molecule has 0 bridgehead atoms. The van der Waals surface area contributed by atoms with Gasteiger partial charge in [0.2, 0.25) is 0 Å². The second-order valence-corrected chi connectivity index (χ2v) is 5.78. The van der Waals surface area contributed by atoms with Crippen molar-refractivity contribution in [3.8, 4) is 5.69 Å². The number of hydrogen-bond donors (Lipinski definition) is 3. The fraction of sp³-hybridized carbons (Fsp3) is 0.353. The Morgan fingerprint density at radius 2 is 1.80 bits per heavy atom. The molecule has 5 N–H and O–H groups in total. The molecule has 0 radical (unpaired) electrons. The van der Waals surface area contributed by atoms with E-state index in [1.165, 1.54) is 10.7 Å². The topological polar surface area (TPSA) is 116 Å². The van der Waals surface area contributed by atoms with Crippen LogP contribution in [-0.4, -0.2) is 33.7 Å². The van der Waals surface area contributed by atoms with Gasteiger partial charge in [0.25, 0.3) is 11.8 Å². The lowest BCUT2D eigenvalue weighted by Crippen LogP contribution is -2.49. The largest absolute Gasteiger partial charge is 0.364 e. The average Bonchev–Trinajstić information content (AvgIpc) is 3.06. The molecule has 1 aromatic heterocycles. The number of benzene rings is 1. The maximum atomic E-state index is 12.3. The quantitative estimate of drug-likeness (QED) is 0.691. The van der Waals surface area contributed by atoms with Crippen LogP contribution in [0.15, 0.2) is 36.4 Å². The van der Waals surface area contributed by atoms with Crippen molar-refractivity contribution in [3.05, 3.63) is 47.8 Å². The Bertz CT molecular complexity index is 726. The van der Waals surface area contributed by atoms with Gasteiger partial charge in [-0.2, -0.15) is 5.10 Å². The standard InChI is InChI=1S/C17H23N5O2.ClH/c1-3-17(19,4-2)11-20-16(24)13-10-14(15(18)23)22(21-13)12-8-6-5-7-9-12;/h5-10H,3-4,11,19H2,1-2H3,(H2,18,23)(H,20,24);1H. The third kappa shape index (κ3) is 4.80. The van der Waals surface area contributed by atoms with E-state index in [0.717, 1.165) is 12.8 Å². The van der Waals surface area contributed by atoms with Gasteiger partial charge >= 0.3 is 0 Å². The lowest BCUT2D eigenvalue weighted by Gasteiger charge is -2.26. The number of amides is 2. The molecule has 0 spiro atoms. The van der Waals surface area contributed by atoms with Gasteiger partial charge in [-0.15, -0.1) is 12.4 Å². The number of carbonyl (C=O) groups excluding carboxylic acids is 2. The van der Waals surface area contributed by atoms with Gasteiger partial charge in [0.05, 0.1) is 5.69 Å². The Kier molecular flexibility index (Phi) is 7.14. The monoisotopic (exact) mass is 365 g/mol. The third-order valence-electron chi connectivity index (χ3n) is 4.20. The third-order valence-corrected chi connectivity index (χ3v) is 4.20. The molecule has 1 heterocycles. The number of carbonyl (C=O) groups is 2. The van der Waals surface area contributed by atoms with E-state index < -0.39 is 11.4 Å². The highest BCUT2D eigenvalue weighted by Crippen LogP contribution is 2.13. The number of nitrogens with two attached hydrogens (primary N) is 2. The second-order valence-electron chi connectivity index (χ2n) is 5.78. The van der Waals surface area contributed by atoms with Crippen molar-refractivity contribution >= 4 is 24.2 Å². The summed E-state index contributed by atoms with van der Waals surface area (Å²) in [5.41, 5.74) is 12.1. The summed E-state index contributed by atoms with van der Waals surface area (Å²) in [6, 6.07) is 10.4. The van der Waals surface area contributed by atoms with Gasteiger partial charge in [0.1, 0.15) is 5.69 Å². The van der Waals surface area contributed by atoms with Crippen molar-refractivity contribution in [1.29, 1.82) is 0 Å². The minimum atomic E-state index is -0.652. The van der Waals surface area contributed by atoms with E-state index in [9.17, 15) is 9.59 Å². The van der Waals surface area contributed by atoms with Gasteiger partial charge in [-0.05, 0) is 25.0 Å². The van der Waals surface area contributed by atoms with Crippen LogP contribution in [0.3, 0.4) is 0 Å². The molecule has 136 valence electrons. The molecule has 0 saturated heterocycles. The zero-order valence-corrected chi connectivity index (χ0v) is 15.2. The maximum Gasteiger partial charge on any atom is 0.271 e. The smallest absolute Gasteiger partial charge is 0.271 e. The van der Waals surface area contributed by atoms with Gasteiger partial charge in [0, 0.05) is 18.2 Å². The Labute approximate surface area is 153 Å². The molecular formula is C17H24ClN5O2. The van der Waals surface area contributed by atoms with Gasteiger partial charge < -0.3 is 16.8 Å². The van der Waals surface area contributed by atoms with Crippen molar-refractivity contribution in [3.63, 3.8) is 0 Å². The second kappa shape index (κ2) is 8.64. The Morgan fingerprint density at radius 1 is 1.20 bits per heavy atom. The Hall–Kier alpha value is -2.38. The van der Waals surface area contributed by atoms with Crippen LogP contribution in [0.2, 0.25) is 0 Å². The van der Waals surface area contributed by atoms with Crippen molar-refractivity contribution in [2.75, 3.05) is 6.54 Å². The fourth-order valence-electron chi connectivity index (χ4n) is 2.28. The fourth-order valence-corrected chi connectivity index (χ4v) is 2.28. The molecule has 0 unspecified atom stereocenters. The summed E-state index contributed by atoms with van der Waals surface area (Å²) >= 11 is 0. The van der Waals surface area contributed by atoms with Crippen LogP contribution in [0.25, 0.3) is 5.69 Å². The van der Waals surface area contributed by atoms with E-state index >= 15 is 0 Å². The zero-order chi connectivity index (χ0) is 17.7. The summed E-state index contributed by atoms with van der Waals surface area (Å²) < 4.78 is 1.37. The van der Waals surface area contributed by atoms with Crippen molar-refractivity contribution in [2.24, 2.45) is 11.5 Å². The molecule has 2 rings (SSSR count). The number of primary amides is 1. The van der Waals surface area contributed by atoms with Crippen LogP contribution in [0.1, 0.15) is 47.7 Å². The highest BCUT2D eigenvalue weighted by atomic mass is 35.5. The van der Waals surface area contributed by atoms with Crippen molar-refractivity contribution in [1.82, 2.24) is 15.1 Å². The molecule has 0 fully saturated rings. The van der Waals surface area contributed by atoms with E-state index in [4.69, 9.17) is 11.5 Å². The van der Waals surface area contributed by atoms with Gasteiger partial charge in [-0.3, -0.25) is 9.59 Å². The Morgan fingerprint density at radius 3 is 2.32 bits per heavy atom. The lowest BCUT2D eigenvalue weighted by molar-refractivity contribution is 0.0936. The zero-order valence-electron chi connectivity index (χ0n) is 14.4. The van der Waals surface area contributed by atoms with E-state index in [1.807, 2.05) is 32.0 Å². The molecule has 1 aromatic carbocycles. The van der Waals surface area contributed by atoms with Crippen LogP contribution in [0, 0.1) is 0 Å². The number of hydrogen-bond acceptors (Lipinski definition) is 4. The molecule has 0 atom stereocenters. The molecule has 7 nitrogen and oxygen atoms in total. The molecule has 0 aliphatic rings. The van der Waals surface area contributed by atoms with Gasteiger partial charge in [0.15, 0.2) is 5.69 Å². The Balaban J connectivity index is 0.00000312. The molecule has 2 amide bonds. The summed E-state index contributed by atoms with van der Waals surface area (Å²) in [5.74, 6) is -1.04. The van der Waals surface area contributed by atoms with Crippen molar-refractivity contribution < 1.29 is 9.59 Å². The van der Waals surface area contributed by atoms with E-state index in [2.05, 4.69) is 10.4 Å². The first-order valence-electron chi connectivity index (χ1n) is 7.92. The maximum absolute atomic E-state index is 12.3. The minimum Gasteiger partial charge on any atom is -0.364 e. The highest BCUT2D eigenvalue weighted by Gasteiger charge is 2.23. The number of nitrogens with zero attached hydrogens (tertiary/aromatic N) is 2. The van der Waals surface area contributed by atoms with Gasteiger partial charge in [-0.25, -0.2) is 4.68 Å². The number of nitrogens with one attached hydrogen (secondary N) is 1. The van der Waals surface area contributed by atoms with Crippen LogP contribution >= 0.6 is 12.4 Å². The van der Waals surface area contributed by atoms with Crippen molar-refractivity contribution in [2.45, 2.75) is 32.2 Å². The van der Waals surface area contributed by atoms with E-state index in [-0.39, 0.29) is 29.7 Å². The summed E-state index contributed by atoms with van der Waals surface area (Å²) in [5, 5.41) is 7.00. The SMILES string of the molecule is CCC(N)(CC)CNC(=O)c1cc(C(N)=O)n(-c2ccccc2)n1.Cl. The summed E-state index contributed by atoms with van der Waals surface area (Å²) in [7, 11) is 0. The average molecular weight is 366 g/mol. The molecule has 25 heavy (non-hydrogen) atoms. The summed E-state index contributed by atoms with van der Waals surface area (Å²) in [4.78, 5) is 24.0.